The molecule has 0 spiro atoms. The molecule has 5 nitrogen and oxygen atoms in total. The highest BCUT2D eigenvalue weighted by Gasteiger charge is 2.22. The summed E-state index contributed by atoms with van der Waals surface area (Å²) in [5.74, 6) is 1.02. The zero-order valence-corrected chi connectivity index (χ0v) is 12.1. The van der Waals surface area contributed by atoms with E-state index in [1.54, 1.807) is 0 Å². The maximum Gasteiger partial charge on any atom is 0.234 e. The van der Waals surface area contributed by atoms with Crippen molar-refractivity contribution in [2.75, 3.05) is 26.3 Å². The Bertz CT molecular complexity index is 461. The van der Waals surface area contributed by atoms with Crippen molar-refractivity contribution < 1.29 is 14.3 Å². The fraction of sp³-hybridized carbons (Fsp3) is 0.562. The second-order valence-electron chi connectivity index (χ2n) is 5.64. The van der Waals surface area contributed by atoms with Crippen LogP contribution in [0.15, 0.2) is 24.3 Å². The van der Waals surface area contributed by atoms with Crippen molar-refractivity contribution in [1.82, 2.24) is 10.6 Å². The van der Waals surface area contributed by atoms with Crippen LogP contribution in [0.5, 0.6) is 5.75 Å². The maximum atomic E-state index is 11.8. The van der Waals surface area contributed by atoms with Crippen LogP contribution in [0.3, 0.4) is 0 Å². The van der Waals surface area contributed by atoms with Crippen LogP contribution in [0.1, 0.15) is 18.4 Å². The van der Waals surface area contributed by atoms with Gasteiger partial charge in [-0.05, 0) is 24.5 Å². The van der Waals surface area contributed by atoms with E-state index < -0.39 is 0 Å². The largest absolute Gasteiger partial charge is 0.488 e. The number of nitrogens with one attached hydrogen (secondary N) is 2. The first kappa shape index (κ1) is 14.4. The molecule has 2 heterocycles. The summed E-state index contributed by atoms with van der Waals surface area (Å²) in [6, 6.07) is 8.36. The number of carbonyl (C=O) groups excluding carboxylic acids is 1. The second-order valence-corrected chi connectivity index (χ2v) is 5.64. The Morgan fingerprint density at radius 1 is 1.24 bits per heavy atom. The Balaban J connectivity index is 1.34. The van der Waals surface area contributed by atoms with Crippen LogP contribution in [0.4, 0.5) is 0 Å². The van der Waals surface area contributed by atoms with Crippen molar-refractivity contribution in [3.8, 4) is 5.75 Å². The summed E-state index contributed by atoms with van der Waals surface area (Å²) in [4.78, 5) is 11.8. The lowest BCUT2D eigenvalue weighted by molar-refractivity contribution is -0.121. The molecule has 1 amide bonds. The fourth-order valence-corrected chi connectivity index (χ4v) is 2.84. The molecule has 0 radical (unpaired) electrons. The highest BCUT2D eigenvalue weighted by molar-refractivity contribution is 5.78. The van der Waals surface area contributed by atoms with E-state index in [9.17, 15) is 4.79 Å². The van der Waals surface area contributed by atoms with Crippen molar-refractivity contribution >= 4 is 5.91 Å². The van der Waals surface area contributed by atoms with Gasteiger partial charge in [-0.3, -0.25) is 4.79 Å². The van der Waals surface area contributed by atoms with Gasteiger partial charge in [0.1, 0.15) is 11.9 Å². The average molecular weight is 290 g/mol. The third kappa shape index (κ3) is 3.95. The molecular weight excluding hydrogens is 268 g/mol. The van der Waals surface area contributed by atoms with E-state index >= 15 is 0 Å². The summed E-state index contributed by atoms with van der Waals surface area (Å²) in [5.41, 5.74) is 1.25. The van der Waals surface area contributed by atoms with E-state index in [1.807, 2.05) is 18.2 Å². The summed E-state index contributed by atoms with van der Waals surface area (Å²) in [6.45, 7) is 2.52. The Kier molecular flexibility index (Phi) is 4.72. The van der Waals surface area contributed by atoms with Crippen LogP contribution in [-0.2, 0) is 16.0 Å². The molecule has 3 rings (SSSR count). The van der Waals surface area contributed by atoms with Gasteiger partial charge in [0.2, 0.25) is 5.91 Å². The minimum absolute atomic E-state index is 0.0532. The molecule has 0 saturated carbocycles. The summed E-state index contributed by atoms with van der Waals surface area (Å²) in [7, 11) is 0. The van der Waals surface area contributed by atoms with Gasteiger partial charge < -0.3 is 20.1 Å². The molecule has 1 saturated heterocycles. The Morgan fingerprint density at radius 3 is 2.86 bits per heavy atom. The second kappa shape index (κ2) is 6.91. The number of para-hydroxylation sites is 1. The Morgan fingerprint density at radius 2 is 2.05 bits per heavy atom. The topological polar surface area (TPSA) is 59.6 Å². The van der Waals surface area contributed by atoms with Crippen LogP contribution in [0.2, 0.25) is 0 Å². The molecule has 0 aliphatic carbocycles. The molecule has 2 aliphatic heterocycles. The molecule has 1 atom stereocenters. The third-order valence-electron chi connectivity index (χ3n) is 3.96. The van der Waals surface area contributed by atoms with Crippen LogP contribution in [0, 0.1) is 0 Å². The lowest BCUT2D eigenvalue weighted by Crippen LogP contribution is -2.44. The maximum absolute atomic E-state index is 11.8. The van der Waals surface area contributed by atoms with E-state index in [4.69, 9.17) is 9.47 Å². The van der Waals surface area contributed by atoms with Gasteiger partial charge in [0.15, 0.2) is 0 Å². The molecular formula is C16H22N2O3. The van der Waals surface area contributed by atoms with Gasteiger partial charge in [-0.15, -0.1) is 0 Å². The molecule has 1 unspecified atom stereocenters. The Hall–Kier alpha value is -1.59. The van der Waals surface area contributed by atoms with Crippen molar-refractivity contribution in [1.29, 1.82) is 0 Å². The first-order valence-corrected chi connectivity index (χ1v) is 7.63. The number of hydrogen-bond donors (Lipinski definition) is 2. The third-order valence-corrected chi connectivity index (χ3v) is 3.96. The predicted molar refractivity (Wildman–Crippen MR) is 79.4 cm³/mol. The first-order valence-electron chi connectivity index (χ1n) is 7.63. The van der Waals surface area contributed by atoms with Gasteiger partial charge in [0.05, 0.1) is 6.54 Å². The first-order chi connectivity index (χ1) is 10.3. The number of carbonyl (C=O) groups is 1. The summed E-state index contributed by atoms with van der Waals surface area (Å²) in [5, 5.41) is 6.22. The summed E-state index contributed by atoms with van der Waals surface area (Å²) < 4.78 is 11.1. The molecule has 114 valence electrons. The summed E-state index contributed by atoms with van der Waals surface area (Å²) >= 11 is 0. The molecule has 0 aromatic heterocycles. The number of ether oxygens (including phenoxy) is 2. The van der Waals surface area contributed by atoms with Crippen molar-refractivity contribution in [2.45, 2.75) is 31.4 Å². The Labute approximate surface area is 125 Å². The van der Waals surface area contributed by atoms with Gasteiger partial charge >= 0.3 is 0 Å². The number of hydrogen-bond acceptors (Lipinski definition) is 4. The zero-order valence-electron chi connectivity index (χ0n) is 12.1. The molecule has 2 aliphatic rings. The molecule has 1 aromatic carbocycles. The minimum Gasteiger partial charge on any atom is -0.488 e. The van der Waals surface area contributed by atoms with E-state index in [-0.39, 0.29) is 18.1 Å². The lowest BCUT2D eigenvalue weighted by Gasteiger charge is -2.23. The van der Waals surface area contributed by atoms with Gasteiger partial charge in [0, 0.05) is 32.2 Å². The van der Waals surface area contributed by atoms with E-state index in [1.165, 1.54) is 5.56 Å². The van der Waals surface area contributed by atoms with Crippen molar-refractivity contribution in [3.05, 3.63) is 29.8 Å². The minimum atomic E-state index is 0.0532. The molecule has 1 fully saturated rings. The van der Waals surface area contributed by atoms with Crippen LogP contribution in [-0.4, -0.2) is 44.4 Å². The number of benzene rings is 1. The molecule has 0 bridgehead atoms. The van der Waals surface area contributed by atoms with Crippen LogP contribution < -0.4 is 15.4 Å². The number of amides is 1. The lowest BCUT2D eigenvalue weighted by atomic mass is 10.1. The monoisotopic (exact) mass is 290 g/mol. The molecule has 5 heteroatoms. The number of rotatable bonds is 5. The van der Waals surface area contributed by atoms with Gasteiger partial charge in [0.25, 0.3) is 0 Å². The fourth-order valence-electron chi connectivity index (χ4n) is 2.84. The molecule has 1 aromatic rings. The van der Waals surface area contributed by atoms with E-state index in [2.05, 4.69) is 16.7 Å². The molecule has 21 heavy (non-hydrogen) atoms. The zero-order chi connectivity index (χ0) is 14.5. The molecule has 2 N–H and O–H groups in total. The smallest absolute Gasteiger partial charge is 0.234 e. The summed E-state index contributed by atoms with van der Waals surface area (Å²) in [6.07, 6.45) is 2.85. The van der Waals surface area contributed by atoms with Crippen LogP contribution in [0.25, 0.3) is 0 Å². The van der Waals surface area contributed by atoms with Crippen molar-refractivity contribution in [3.63, 3.8) is 0 Å². The highest BCUT2D eigenvalue weighted by atomic mass is 16.5. The normalized spacial score (nSPS) is 21.6. The highest BCUT2D eigenvalue weighted by Crippen LogP contribution is 2.27. The van der Waals surface area contributed by atoms with E-state index in [0.29, 0.717) is 13.1 Å². The van der Waals surface area contributed by atoms with E-state index in [0.717, 1.165) is 38.2 Å². The standard InChI is InChI=1S/C16H22N2O3/c19-16(18-13-5-7-20-8-6-13)11-17-10-14-9-12-3-1-2-4-15(12)21-14/h1-4,13-14,17H,5-11H2,(H,18,19). The SMILES string of the molecule is O=C(CNCC1Cc2ccccc2O1)NC1CCOCC1. The average Bonchev–Trinajstić information content (AvgIpc) is 2.91. The van der Waals surface area contributed by atoms with Gasteiger partial charge in [-0.1, -0.05) is 18.2 Å². The predicted octanol–water partition coefficient (Wildman–Crippen LogP) is 0.875. The van der Waals surface area contributed by atoms with Crippen LogP contribution >= 0.6 is 0 Å². The van der Waals surface area contributed by atoms with Crippen molar-refractivity contribution in [2.24, 2.45) is 0 Å². The van der Waals surface area contributed by atoms with Gasteiger partial charge in [-0.25, -0.2) is 0 Å². The van der Waals surface area contributed by atoms with Gasteiger partial charge in [-0.2, -0.15) is 0 Å². The number of fused-ring (bicyclic) bond motifs is 1. The quantitative estimate of drug-likeness (QED) is 0.845.